The number of hydrogen-bond donors (Lipinski definition) is 1. The molecule has 1 aliphatic carbocycles. The molecule has 0 radical (unpaired) electrons. The van der Waals surface area contributed by atoms with Crippen molar-refractivity contribution in [1.29, 1.82) is 0 Å². The molecule has 18 heavy (non-hydrogen) atoms. The maximum absolute atomic E-state index is 10.8. The monoisotopic (exact) mass is 266 g/mol. The van der Waals surface area contributed by atoms with Crippen LogP contribution in [-0.2, 0) is 6.54 Å². The Hall–Kier alpha value is -0.910. The molecular formula is C13H18N2O2S. The molecule has 1 saturated heterocycles. The molecule has 2 heterocycles. The highest BCUT2D eigenvalue weighted by Gasteiger charge is 2.31. The fraction of sp³-hybridized carbons (Fsp3) is 0.615. The summed E-state index contributed by atoms with van der Waals surface area (Å²) in [6.07, 6.45) is 2.76. The summed E-state index contributed by atoms with van der Waals surface area (Å²) in [7, 11) is 0. The Morgan fingerprint density at radius 1 is 1.28 bits per heavy atom. The molecule has 0 bridgehead atoms. The Balaban J connectivity index is 1.52. The van der Waals surface area contributed by atoms with Gasteiger partial charge in [-0.2, -0.15) is 0 Å². The third-order valence-electron chi connectivity index (χ3n) is 3.72. The zero-order valence-corrected chi connectivity index (χ0v) is 11.2. The van der Waals surface area contributed by atoms with Crippen LogP contribution in [-0.4, -0.2) is 53.1 Å². The number of hydrogen-bond acceptors (Lipinski definition) is 4. The molecule has 1 aromatic heterocycles. The zero-order valence-electron chi connectivity index (χ0n) is 10.3. The van der Waals surface area contributed by atoms with Gasteiger partial charge in [-0.05, 0) is 25.0 Å². The number of carbonyl (C=O) groups is 1. The van der Waals surface area contributed by atoms with Crippen molar-refractivity contribution < 1.29 is 9.90 Å². The molecule has 1 saturated carbocycles. The van der Waals surface area contributed by atoms with Gasteiger partial charge in [0.15, 0.2) is 0 Å². The van der Waals surface area contributed by atoms with Gasteiger partial charge in [0.2, 0.25) is 0 Å². The molecule has 1 N–H and O–H groups in total. The summed E-state index contributed by atoms with van der Waals surface area (Å²) >= 11 is 1.40. The first kappa shape index (κ1) is 12.1. The lowest BCUT2D eigenvalue weighted by molar-refractivity contribution is 0.0702. The molecule has 4 nitrogen and oxygen atoms in total. The normalized spacial score (nSPS) is 22.2. The molecule has 0 amide bonds. The van der Waals surface area contributed by atoms with Crippen molar-refractivity contribution in [3.63, 3.8) is 0 Å². The largest absolute Gasteiger partial charge is 0.477 e. The van der Waals surface area contributed by atoms with Gasteiger partial charge in [-0.1, -0.05) is 0 Å². The highest BCUT2D eigenvalue weighted by atomic mass is 32.1. The van der Waals surface area contributed by atoms with Crippen LogP contribution in [0.25, 0.3) is 0 Å². The average Bonchev–Trinajstić information content (AvgIpc) is 3.10. The molecule has 3 rings (SSSR count). The number of thiophene rings is 1. The Bertz CT molecular complexity index is 434. The molecule has 98 valence electrons. The number of piperazine rings is 1. The fourth-order valence-electron chi connectivity index (χ4n) is 2.52. The lowest BCUT2D eigenvalue weighted by Crippen LogP contribution is -2.46. The first-order valence-electron chi connectivity index (χ1n) is 6.51. The summed E-state index contributed by atoms with van der Waals surface area (Å²) in [5.41, 5.74) is 0. The summed E-state index contributed by atoms with van der Waals surface area (Å²) in [4.78, 5) is 17.4. The van der Waals surface area contributed by atoms with Crippen molar-refractivity contribution >= 4 is 17.3 Å². The summed E-state index contributed by atoms with van der Waals surface area (Å²) in [6, 6.07) is 4.52. The van der Waals surface area contributed by atoms with E-state index in [1.54, 1.807) is 6.07 Å². The van der Waals surface area contributed by atoms with E-state index in [1.165, 1.54) is 37.3 Å². The van der Waals surface area contributed by atoms with Crippen LogP contribution in [0.4, 0.5) is 0 Å². The molecule has 2 aliphatic rings. The van der Waals surface area contributed by atoms with Gasteiger partial charge >= 0.3 is 5.97 Å². The van der Waals surface area contributed by atoms with Gasteiger partial charge in [0.1, 0.15) is 4.88 Å². The minimum atomic E-state index is -0.815. The van der Waals surface area contributed by atoms with Crippen LogP contribution in [0, 0.1) is 0 Å². The van der Waals surface area contributed by atoms with E-state index in [1.807, 2.05) is 6.07 Å². The van der Waals surface area contributed by atoms with E-state index in [-0.39, 0.29) is 0 Å². The summed E-state index contributed by atoms with van der Waals surface area (Å²) in [6.45, 7) is 5.45. The van der Waals surface area contributed by atoms with E-state index < -0.39 is 5.97 Å². The van der Waals surface area contributed by atoms with Gasteiger partial charge in [-0.3, -0.25) is 9.80 Å². The quantitative estimate of drug-likeness (QED) is 0.901. The van der Waals surface area contributed by atoms with Crippen molar-refractivity contribution in [2.24, 2.45) is 0 Å². The Morgan fingerprint density at radius 2 is 2.00 bits per heavy atom. The zero-order chi connectivity index (χ0) is 12.5. The summed E-state index contributed by atoms with van der Waals surface area (Å²) < 4.78 is 0. The topological polar surface area (TPSA) is 43.8 Å². The van der Waals surface area contributed by atoms with Crippen LogP contribution in [0.1, 0.15) is 27.4 Å². The van der Waals surface area contributed by atoms with Crippen LogP contribution < -0.4 is 0 Å². The second kappa shape index (κ2) is 4.99. The number of rotatable bonds is 4. The fourth-order valence-corrected chi connectivity index (χ4v) is 3.41. The summed E-state index contributed by atoms with van der Waals surface area (Å²) in [5.74, 6) is -0.815. The molecule has 1 aliphatic heterocycles. The molecule has 0 spiro atoms. The van der Waals surface area contributed by atoms with E-state index in [2.05, 4.69) is 9.80 Å². The average molecular weight is 266 g/mol. The number of carboxylic acids is 1. The molecular weight excluding hydrogens is 248 g/mol. The van der Waals surface area contributed by atoms with Crippen LogP contribution in [0.3, 0.4) is 0 Å². The van der Waals surface area contributed by atoms with Gasteiger partial charge in [-0.15, -0.1) is 11.3 Å². The Kier molecular flexibility index (Phi) is 3.37. The van der Waals surface area contributed by atoms with E-state index >= 15 is 0 Å². The van der Waals surface area contributed by atoms with E-state index in [0.717, 1.165) is 30.6 Å². The summed E-state index contributed by atoms with van der Waals surface area (Å²) in [5, 5.41) is 8.90. The highest BCUT2D eigenvalue weighted by Crippen LogP contribution is 2.28. The smallest absolute Gasteiger partial charge is 0.345 e. The van der Waals surface area contributed by atoms with Crippen LogP contribution in [0.5, 0.6) is 0 Å². The molecule has 0 atom stereocenters. The van der Waals surface area contributed by atoms with Crippen molar-refractivity contribution in [2.75, 3.05) is 26.2 Å². The van der Waals surface area contributed by atoms with Gasteiger partial charge in [-0.25, -0.2) is 4.79 Å². The SMILES string of the molecule is O=C(O)c1ccc(CN2CCN(C3CC3)CC2)s1. The maximum Gasteiger partial charge on any atom is 0.345 e. The van der Waals surface area contributed by atoms with Gasteiger partial charge in [0.05, 0.1) is 0 Å². The second-order valence-electron chi connectivity index (χ2n) is 5.11. The van der Waals surface area contributed by atoms with Gasteiger partial charge in [0.25, 0.3) is 0 Å². The first-order chi connectivity index (χ1) is 8.72. The van der Waals surface area contributed by atoms with E-state index in [4.69, 9.17) is 5.11 Å². The lowest BCUT2D eigenvalue weighted by Gasteiger charge is -2.34. The van der Waals surface area contributed by atoms with Crippen molar-refractivity contribution in [1.82, 2.24) is 9.80 Å². The third kappa shape index (κ3) is 2.74. The van der Waals surface area contributed by atoms with Crippen LogP contribution >= 0.6 is 11.3 Å². The molecule has 1 aromatic rings. The van der Waals surface area contributed by atoms with E-state index in [0.29, 0.717) is 4.88 Å². The minimum absolute atomic E-state index is 0.446. The van der Waals surface area contributed by atoms with Crippen molar-refractivity contribution in [3.8, 4) is 0 Å². The standard InChI is InChI=1S/C13H18N2O2S/c16-13(17)12-4-3-11(18-12)9-14-5-7-15(8-6-14)10-1-2-10/h3-4,10H,1-2,5-9H2,(H,16,17). The predicted octanol–water partition coefficient (Wildman–Crippen LogP) is 1.73. The molecule has 0 unspecified atom stereocenters. The number of carboxylic acid groups (broad SMARTS) is 1. The second-order valence-corrected chi connectivity index (χ2v) is 6.28. The third-order valence-corrected chi connectivity index (χ3v) is 4.78. The van der Waals surface area contributed by atoms with E-state index in [9.17, 15) is 4.79 Å². The van der Waals surface area contributed by atoms with Gasteiger partial charge < -0.3 is 5.11 Å². The number of nitrogens with zero attached hydrogens (tertiary/aromatic N) is 2. The highest BCUT2D eigenvalue weighted by molar-refractivity contribution is 7.13. The first-order valence-corrected chi connectivity index (χ1v) is 7.32. The maximum atomic E-state index is 10.8. The predicted molar refractivity (Wildman–Crippen MR) is 71.2 cm³/mol. The van der Waals surface area contributed by atoms with Crippen molar-refractivity contribution in [2.45, 2.75) is 25.4 Å². The van der Waals surface area contributed by atoms with Crippen molar-refractivity contribution in [3.05, 3.63) is 21.9 Å². The minimum Gasteiger partial charge on any atom is -0.477 e. The Morgan fingerprint density at radius 3 is 2.56 bits per heavy atom. The lowest BCUT2D eigenvalue weighted by atomic mass is 10.3. The molecule has 0 aromatic carbocycles. The number of aromatic carboxylic acids is 1. The van der Waals surface area contributed by atoms with Crippen LogP contribution in [0.15, 0.2) is 12.1 Å². The van der Waals surface area contributed by atoms with Crippen LogP contribution in [0.2, 0.25) is 0 Å². The molecule has 2 fully saturated rings. The molecule has 5 heteroatoms. The Labute approximate surface area is 111 Å². The van der Waals surface area contributed by atoms with Gasteiger partial charge in [0, 0.05) is 43.6 Å².